The molecule has 0 spiro atoms. The number of benzene rings is 1. The molecule has 6 nitrogen and oxygen atoms in total. The molecule has 0 saturated heterocycles. The Labute approximate surface area is 152 Å². The molecular weight excluding hydrogens is 364 g/mol. The lowest BCUT2D eigenvalue weighted by molar-refractivity contribution is -0.127. The zero-order valence-electron chi connectivity index (χ0n) is 14.0. The molecule has 1 atom stereocenters. The number of anilines is 1. The van der Waals surface area contributed by atoms with Gasteiger partial charge in [-0.3, -0.25) is 9.10 Å². The minimum atomic E-state index is -3.55. The van der Waals surface area contributed by atoms with Gasteiger partial charge in [0.05, 0.1) is 18.5 Å². The van der Waals surface area contributed by atoms with E-state index in [1.165, 1.54) is 22.4 Å². The van der Waals surface area contributed by atoms with Crippen LogP contribution < -0.4 is 14.4 Å². The molecule has 2 aliphatic rings. The predicted octanol–water partition coefficient (Wildman–Crippen LogP) is 2.48. The number of nitrogens with zero attached hydrogens (tertiary/aromatic N) is 1. The molecule has 1 aromatic carbocycles. The van der Waals surface area contributed by atoms with Crippen molar-refractivity contribution in [3.63, 3.8) is 0 Å². The van der Waals surface area contributed by atoms with Gasteiger partial charge in [0.25, 0.3) is 5.91 Å². The van der Waals surface area contributed by atoms with Gasteiger partial charge in [0.15, 0.2) is 6.10 Å². The number of hydrogen-bond acceptors (Lipinski definition) is 4. The van der Waals surface area contributed by atoms with E-state index in [9.17, 15) is 13.2 Å². The first-order valence-corrected chi connectivity index (χ1v) is 10.5. The van der Waals surface area contributed by atoms with Gasteiger partial charge in [-0.25, -0.2) is 8.42 Å². The fraction of sp³-hybridized carbons (Fsp3) is 0.471. The summed E-state index contributed by atoms with van der Waals surface area (Å²) >= 11 is 5.96. The number of halogens is 1. The van der Waals surface area contributed by atoms with Gasteiger partial charge >= 0.3 is 0 Å². The van der Waals surface area contributed by atoms with Crippen molar-refractivity contribution >= 4 is 33.2 Å². The van der Waals surface area contributed by atoms with E-state index in [1.54, 1.807) is 12.1 Å². The van der Waals surface area contributed by atoms with E-state index in [0.717, 1.165) is 25.5 Å². The van der Waals surface area contributed by atoms with Gasteiger partial charge in [-0.15, -0.1) is 0 Å². The van der Waals surface area contributed by atoms with Crippen LogP contribution in [0.1, 0.15) is 25.7 Å². The van der Waals surface area contributed by atoms with Crippen LogP contribution in [0, 0.1) is 0 Å². The number of hydrogen-bond donors (Lipinski definition) is 1. The maximum atomic E-state index is 12.5. The number of carbonyl (C=O) groups is 1. The number of nitrogens with one attached hydrogen (secondary N) is 1. The third-order valence-corrected chi connectivity index (χ3v) is 5.74. The first kappa shape index (κ1) is 18.1. The predicted molar refractivity (Wildman–Crippen MR) is 97.6 cm³/mol. The van der Waals surface area contributed by atoms with E-state index in [0.29, 0.717) is 23.0 Å². The summed E-state index contributed by atoms with van der Waals surface area (Å²) in [5.41, 5.74) is 1.57. The number of ether oxygens (including phenoxy) is 1. The average molecular weight is 385 g/mol. The molecule has 3 rings (SSSR count). The third-order valence-electron chi connectivity index (χ3n) is 4.36. The van der Waals surface area contributed by atoms with E-state index >= 15 is 0 Å². The van der Waals surface area contributed by atoms with Gasteiger partial charge in [-0.1, -0.05) is 23.3 Å². The van der Waals surface area contributed by atoms with E-state index < -0.39 is 16.1 Å². The van der Waals surface area contributed by atoms with Gasteiger partial charge in [0, 0.05) is 11.6 Å². The first-order chi connectivity index (χ1) is 11.8. The van der Waals surface area contributed by atoms with E-state index in [4.69, 9.17) is 16.3 Å². The third kappa shape index (κ3) is 4.27. The second-order valence-electron chi connectivity index (χ2n) is 6.34. The van der Waals surface area contributed by atoms with Crippen LogP contribution in [0.25, 0.3) is 0 Å². The van der Waals surface area contributed by atoms with Crippen molar-refractivity contribution in [2.45, 2.75) is 31.8 Å². The van der Waals surface area contributed by atoms with Gasteiger partial charge < -0.3 is 10.1 Å². The Bertz CT molecular complexity index is 807. The molecule has 0 fully saturated rings. The summed E-state index contributed by atoms with van der Waals surface area (Å²) in [5, 5.41) is 3.26. The van der Waals surface area contributed by atoms with Crippen molar-refractivity contribution in [1.82, 2.24) is 5.32 Å². The number of allylic oxidation sites excluding steroid dienone is 1. The molecule has 0 saturated carbocycles. The molecule has 0 bridgehead atoms. The molecule has 1 aromatic rings. The van der Waals surface area contributed by atoms with Crippen molar-refractivity contribution in [1.29, 1.82) is 0 Å². The second kappa shape index (κ2) is 7.25. The molecular formula is C17H21ClN2O4S. The molecule has 1 amide bonds. The molecule has 136 valence electrons. The van der Waals surface area contributed by atoms with Crippen LogP contribution in [0.4, 0.5) is 5.69 Å². The number of fused-ring (bicyclic) bond motifs is 1. The summed E-state index contributed by atoms with van der Waals surface area (Å²) in [6, 6.07) is 4.71. The smallest absolute Gasteiger partial charge is 0.263 e. The monoisotopic (exact) mass is 384 g/mol. The Kier molecular flexibility index (Phi) is 5.24. The molecule has 1 heterocycles. The van der Waals surface area contributed by atoms with Crippen molar-refractivity contribution < 1.29 is 17.9 Å². The maximum Gasteiger partial charge on any atom is 0.263 e. The summed E-state index contributed by atoms with van der Waals surface area (Å²) in [6.45, 7) is 0.405. The Hall–Kier alpha value is -1.73. The fourth-order valence-electron chi connectivity index (χ4n) is 3.05. The van der Waals surface area contributed by atoms with Crippen molar-refractivity contribution in [2.24, 2.45) is 0 Å². The molecule has 1 unspecified atom stereocenters. The highest BCUT2D eigenvalue weighted by Crippen LogP contribution is 2.37. The fourth-order valence-corrected chi connectivity index (χ4v) is 4.13. The lowest BCUT2D eigenvalue weighted by Crippen LogP contribution is -2.50. The van der Waals surface area contributed by atoms with Crippen molar-refractivity contribution in [3.05, 3.63) is 34.9 Å². The summed E-state index contributed by atoms with van der Waals surface area (Å²) < 4.78 is 31.1. The number of rotatable bonds is 4. The SMILES string of the molecule is CS(=O)(=O)N1CC(C(=O)NCC2=CCCCC2)Oc2ccc(Cl)cc21. The molecule has 25 heavy (non-hydrogen) atoms. The van der Waals surface area contributed by atoms with Gasteiger partial charge in [0.2, 0.25) is 10.0 Å². The van der Waals surface area contributed by atoms with Crippen LogP contribution >= 0.6 is 11.6 Å². The van der Waals surface area contributed by atoms with Gasteiger partial charge in [-0.05, 0) is 43.9 Å². The van der Waals surface area contributed by atoms with Crippen LogP contribution in [0.15, 0.2) is 29.8 Å². The number of carbonyl (C=O) groups excluding carboxylic acids is 1. The lowest BCUT2D eigenvalue weighted by Gasteiger charge is -2.34. The maximum absolute atomic E-state index is 12.5. The Morgan fingerprint density at radius 3 is 2.88 bits per heavy atom. The topological polar surface area (TPSA) is 75.7 Å². The van der Waals surface area contributed by atoms with Crippen LogP contribution in [0.5, 0.6) is 5.75 Å². The Balaban J connectivity index is 1.76. The van der Waals surface area contributed by atoms with Crippen LogP contribution in [0.3, 0.4) is 0 Å². The normalized spacial score (nSPS) is 20.3. The summed E-state index contributed by atoms with van der Waals surface area (Å²) in [4.78, 5) is 12.5. The van der Waals surface area contributed by atoms with Crippen molar-refractivity contribution in [3.8, 4) is 5.75 Å². The zero-order valence-corrected chi connectivity index (χ0v) is 15.6. The molecule has 0 aromatic heterocycles. The van der Waals surface area contributed by atoms with Crippen LogP contribution in [0.2, 0.25) is 5.02 Å². The Morgan fingerprint density at radius 1 is 1.40 bits per heavy atom. The quantitative estimate of drug-likeness (QED) is 0.809. The van der Waals surface area contributed by atoms with E-state index in [2.05, 4.69) is 11.4 Å². The van der Waals surface area contributed by atoms with E-state index in [1.807, 2.05) is 0 Å². The minimum Gasteiger partial charge on any atom is -0.476 e. The molecule has 1 N–H and O–H groups in total. The second-order valence-corrected chi connectivity index (χ2v) is 8.68. The van der Waals surface area contributed by atoms with Gasteiger partial charge in [0.1, 0.15) is 5.75 Å². The average Bonchev–Trinajstić information content (AvgIpc) is 2.58. The first-order valence-electron chi connectivity index (χ1n) is 8.24. The van der Waals surface area contributed by atoms with Crippen LogP contribution in [-0.4, -0.2) is 39.8 Å². The molecule has 1 aliphatic carbocycles. The highest BCUT2D eigenvalue weighted by Gasteiger charge is 2.35. The van der Waals surface area contributed by atoms with E-state index in [-0.39, 0.29) is 12.5 Å². The van der Waals surface area contributed by atoms with Crippen molar-refractivity contribution in [2.75, 3.05) is 23.7 Å². The van der Waals surface area contributed by atoms with Crippen LogP contribution in [-0.2, 0) is 14.8 Å². The van der Waals surface area contributed by atoms with Gasteiger partial charge in [-0.2, -0.15) is 0 Å². The Morgan fingerprint density at radius 2 is 2.20 bits per heavy atom. The number of sulfonamides is 1. The summed E-state index contributed by atoms with van der Waals surface area (Å²) in [6.07, 6.45) is 6.72. The molecule has 1 aliphatic heterocycles. The molecule has 0 radical (unpaired) electrons. The lowest BCUT2D eigenvalue weighted by atomic mass is 10.00. The summed E-state index contributed by atoms with van der Waals surface area (Å²) in [7, 11) is -3.55. The number of amides is 1. The highest BCUT2D eigenvalue weighted by molar-refractivity contribution is 7.92. The highest BCUT2D eigenvalue weighted by atomic mass is 35.5. The molecule has 8 heteroatoms. The standard InChI is InChI=1S/C17H21ClN2O4S/c1-25(22,23)20-11-16(24-15-8-7-13(18)9-14(15)20)17(21)19-10-12-5-3-2-4-6-12/h5,7-9,16H,2-4,6,10-11H2,1H3,(H,19,21). The largest absolute Gasteiger partial charge is 0.476 e. The summed E-state index contributed by atoms with van der Waals surface area (Å²) in [5.74, 6) is 0.0128. The zero-order chi connectivity index (χ0) is 18.0. The minimum absolute atomic E-state index is 0.0724.